The van der Waals surface area contributed by atoms with Gasteiger partial charge in [-0.3, -0.25) is 4.98 Å². The Kier molecular flexibility index (Phi) is 5.55. The first kappa shape index (κ1) is 17.4. The zero-order valence-corrected chi connectivity index (χ0v) is 15.1. The summed E-state index contributed by atoms with van der Waals surface area (Å²) in [7, 11) is 0. The average Bonchev–Trinajstić information content (AvgIpc) is 3.26. The third-order valence-electron chi connectivity index (χ3n) is 4.53. The summed E-state index contributed by atoms with van der Waals surface area (Å²) in [5.41, 5.74) is 3.10. The second-order valence-corrected chi connectivity index (χ2v) is 6.55. The lowest BCUT2D eigenvalue weighted by molar-refractivity contribution is 0.120. The van der Waals surface area contributed by atoms with E-state index < -0.39 is 0 Å². The molecule has 1 aliphatic heterocycles. The van der Waals surface area contributed by atoms with Crippen molar-refractivity contribution in [2.75, 3.05) is 23.8 Å². The van der Waals surface area contributed by atoms with Gasteiger partial charge < -0.3 is 15.4 Å². The lowest BCUT2D eigenvalue weighted by atomic mass is 10.1. The zero-order chi connectivity index (χ0) is 18.3. The minimum Gasteiger partial charge on any atom is -0.376 e. The Balaban J connectivity index is 1.53. The molecule has 0 amide bonds. The summed E-state index contributed by atoms with van der Waals surface area (Å²) in [4.78, 5) is 13.4. The number of hydrogen-bond acceptors (Lipinski definition) is 6. The standard InChI is InChI=1S/C21H23N5O/c1-2-5-17(6-3-1)19-13-20(23-14-16-8-10-22-11-9-16)26-21(25-19)24-15-18-7-4-12-27-18/h1-3,5-6,8-11,13,18H,4,7,12,14-15H2,(H2,23,24,25,26). The molecule has 1 aliphatic rings. The van der Waals surface area contributed by atoms with Crippen molar-refractivity contribution < 1.29 is 4.74 Å². The summed E-state index contributed by atoms with van der Waals surface area (Å²) in [6.07, 6.45) is 6.03. The van der Waals surface area contributed by atoms with Gasteiger partial charge in [0, 0.05) is 43.7 Å². The van der Waals surface area contributed by atoms with Gasteiger partial charge >= 0.3 is 0 Å². The fraction of sp³-hybridized carbons (Fsp3) is 0.286. The number of pyridine rings is 1. The highest BCUT2D eigenvalue weighted by molar-refractivity contribution is 5.64. The predicted octanol–water partition coefficient (Wildman–Crippen LogP) is 3.74. The van der Waals surface area contributed by atoms with Crippen LogP contribution in [-0.4, -0.2) is 34.2 Å². The Morgan fingerprint density at radius 1 is 1.00 bits per heavy atom. The molecule has 138 valence electrons. The van der Waals surface area contributed by atoms with Gasteiger partial charge in [0.25, 0.3) is 0 Å². The topological polar surface area (TPSA) is 72.0 Å². The molecule has 6 nitrogen and oxygen atoms in total. The minimum absolute atomic E-state index is 0.238. The first-order valence-corrected chi connectivity index (χ1v) is 9.29. The highest BCUT2D eigenvalue weighted by Gasteiger charge is 2.16. The fourth-order valence-electron chi connectivity index (χ4n) is 3.08. The smallest absolute Gasteiger partial charge is 0.225 e. The van der Waals surface area contributed by atoms with Gasteiger partial charge in [-0.15, -0.1) is 0 Å². The Morgan fingerprint density at radius 2 is 1.85 bits per heavy atom. The molecule has 1 aromatic carbocycles. The molecule has 3 aromatic rings. The Bertz CT molecular complexity index is 851. The molecule has 0 bridgehead atoms. The van der Waals surface area contributed by atoms with E-state index in [1.54, 1.807) is 12.4 Å². The third-order valence-corrected chi connectivity index (χ3v) is 4.53. The van der Waals surface area contributed by atoms with Crippen molar-refractivity contribution in [3.63, 3.8) is 0 Å². The maximum Gasteiger partial charge on any atom is 0.225 e. The number of aromatic nitrogens is 3. The summed E-state index contributed by atoms with van der Waals surface area (Å²) >= 11 is 0. The van der Waals surface area contributed by atoms with Crippen LogP contribution in [0.1, 0.15) is 18.4 Å². The molecular formula is C21H23N5O. The van der Waals surface area contributed by atoms with Crippen LogP contribution in [0.2, 0.25) is 0 Å². The van der Waals surface area contributed by atoms with Crippen LogP contribution in [0, 0.1) is 0 Å². The molecule has 1 fully saturated rings. The second-order valence-electron chi connectivity index (χ2n) is 6.55. The van der Waals surface area contributed by atoms with Gasteiger partial charge in [0.15, 0.2) is 0 Å². The molecule has 4 rings (SSSR count). The Morgan fingerprint density at radius 3 is 2.63 bits per heavy atom. The van der Waals surface area contributed by atoms with E-state index in [0.29, 0.717) is 12.5 Å². The summed E-state index contributed by atoms with van der Waals surface area (Å²) in [5.74, 6) is 1.40. The molecule has 0 saturated carbocycles. The van der Waals surface area contributed by atoms with Crippen molar-refractivity contribution in [2.45, 2.75) is 25.5 Å². The number of anilines is 2. The quantitative estimate of drug-likeness (QED) is 0.668. The van der Waals surface area contributed by atoms with Gasteiger partial charge in [0.1, 0.15) is 5.82 Å². The van der Waals surface area contributed by atoms with Crippen LogP contribution >= 0.6 is 0 Å². The van der Waals surface area contributed by atoms with Crippen molar-refractivity contribution in [3.05, 3.63) is 66.5 Å². The van der Waals surface area contributed by atoms with Crippen molar-refractivity contribution in [1.82, 2.24) is 15.0 Å². The number of hydrogen-bond donors (Lipinski definition) is 2. The molecule has 1 saturated heterocycles. The van der Waals surface area contributed by atoms with Crippen LogP contribution < -0.4 is 10.6 Å². The van der Waals surface area contributed by atoms with Crippen LogP contribution in [0.3, 0.4) is 0 Å². The molecule has 0 spiro atoms. The minimum atomic E-state index is 0.238. The predicted molar refractivity (Wildman–Crippen MR) is 106 cm³/mol. The van der Waals surface area contributed by atoms with Gasteiger partial charge in [-0.2, -0.15) is 4.98 Å². The molecule has 27 heavy (non-hydrogen) atoms. The van der Waals surface area contributed by atoms with Gasteiger partial charge in [0.05, 0.1) is 11.8 Å². The van der Waals surface area contributed by atoms with Crippen molar-refractivity contribution in [1.29, 1.82) is 0 Å². The van der Waals surface area contributed by atoms with E-state index in [2.05, 4.69) is 32.7 Å². The van der Waals surface area contributed by atoms with E-state index in [9.17, 15) is 0 Å². The third kappa shape index (κ3) is 4.80. The van der Waals surface area contributed by atoms with Crippen LogP contribution in [0.25, 0.3) is 11.3 Å². The lowest BCUT2D eigenvalue weighted by Gasteiger charge is -2.14. The molecule has 2 N–H and O–H groups in total. The molecule has 1 unspecified atom stereocenters. The van der Waals surface area contributed by atoms with Gasteiger partial charge in [0.2, 0.25) is 5.95 Å². The van der Waals surface area contributed by atoms with Gasteiger partial charge in [-0.25, -0.2) is 4.98 Å². The van der Waals surface area contributed by atoms with Crippen LogP contribution in [-0.2, 0) is 11.3 Å². The highest BCUT2D eigenvalue weighted by Crippen LogP contribution is 2.22. The monoisotopic (exact) mass is 361 g/mol. The number of benzene rings is 1. The number of ether oxygens (including phenoxy) is 1. The van der Waals surface area contributed by atoms with Gasteiger partial charge in [-0.05, 0) is 30.5 Å². The summed E-state index contributed by atoms with van der Waals surface area (Å²) in [6.45, 7) is 2.25. The maximum atomic E-state index is 5.69. The zero-order valence-electron chi connectivity index (χ0n) is 15.1. The molecule has 0 radical (unpaired) electrons. The average molecular weight is 361 g/mol. The lowest BCUT2D eigenvalue weighted by Crippen LogP contribution is -2.20. The van der Waals surface area contributed by atoms with E-state index in [1.807, 2.05) is 36.4 Å². The molecule has 1 atom stereocenters. The second kappa shape index (κ2) is 8.60. The van der Waals surface area contributed by atoms with E-state index >= 15 is 0 Å². The summed E-state index contributed by atoms with van der Waals surface area (Å²) in [6, 6.07) is 16.1. The van der Waals surface area contributed by atoms with Crippen LogP contribution in [0.15, 0.2) is 60.9 Å². The first-order valence-electron chi connectivity index (χ1n) is 9.29. The number of nitrogens with one attached hydrogen (secondary N) is 2. The van der Waals surface area contributed by atoms with Crippen molar-refractivity contribution in [3.8, 4) is 11.3 Å². The molecule has 2 aromatic heterocycles. The van der Waals surface area contributed by atoms with E-state index in [1.165, 1.54) is 0 Å². The van der Waals surface area contributed by atoms with E-state index in [-0.39, 0.29) is 6.10 Å². The van der Waals surface area contributed by atoms with Crippen LogP contribution in [0.4, 0.5) is 11.8 Å². The molecule has 0 aliphatic carbocycles. The Hall–Kier alpha value is -2.99. The van der Waals surface area contributed by atoms with E-state index in [4.69, 9.17) is 9.72 Å². The normalized spacial score (nSPS) is 16.2. The van der Waals surface area contributed by atoms with Gasteiger partial charge in [-0.1, -0.05) is 30.3 Å². The maximum absolute atomic E-state index is 5.69. The SMILES string of the molecule is c1ccc(-c2cc(NCc3ccncc3)nc(NCC3CCCO3)n2)cc1. The molecule has 6 heteroatoms. The number of rotatable bonds is 7. The molecule has 3 heterocycles. The van der Waals surface area contributed by atoms with Crippen molar-refractivity contribution >= 4 is 11.8 Å². The first-order chi connectivity index (χ1) is 13.4. The molecular weight excluding hydrogens is 338 g/mol. The van der Waals surface area contributed by atoms with E-state index in [0.717, 1.165) is 48.6 Å². The fourth-order valence-corrected chi connectivity index (χ4v) is 3.08. The summed E-state index contributed by atoms with van der Waals surface area (Å²) < 4.78 is 5.69. The van der Waals surface area contributed by atoms with Crippen LogP contribution in [0.5, 0.6) is 0 Å². The largest absolute Gasteiger partial charge is 0.376 e. The van der Waals surface area contributed by atoms with Crippen molar-refractivity contribution in [2.24, 2.45) is 0 Å². The highest BCUT2D eigenvalue weighted by atomic mass is 16.5. The Labute approximate surface area is 159 Å². The number of nitrogens with zero attached hydrogens (tertiary/aromatic N) is 3. The summed E-state index contributed by atoms with van der Waals surface area (Å²) in [5, 5.41) is 6.73.